The van der Waals surface area contributed by atoms with E-state index in [4.69, 9.17) is 0 Å². The zero-order chi connectivity index (χ0) is 46.1. The van der Waals surface area contributed by atoms with Crippen LogP contribution in [0.4, 0.5) is 0 Å². The molecule has 0 aromatic carbocycles. The minimum absolute atomic E-state index is 0.353. The predicted octanol–water partition coefficient (Wildman–Crippen LogP) is 9.80. The second-order valence-corrected chi connectivity index (χ2v) is 24.0. The first kappa shape index (κ1) is 51.6. The molecule has 0 heterocycles. The van der Waals surface area contributed by atoms with Gasteiger partial charge in [-0.2, -0.15) is 0 Å². The number of aliphatic hydroxyl groups excluding tert-OH is 4. The Kier molecular flexibility index (Phi) is 16.9. The molecule has 0 aliphatic heterocycles. The lowest BCUT2D eigenvalue weighted by Gasteiger charge is -2.44. The van der Waals surface area contributed by atoms with Gasteiger partial charge in [0, 0.05) is 0 Å². The molecule has 356 valence electrons. The summed E-state index contributed by atoms with van der Waals surface area (Å²) in [6.07, 6.45) is 25.6. The smallest absolute Gasteiger partial charge is 0.114 e. The van der Waals surface area contributed by atoms with Gasteiger partial charge in [0.15, 0.2) is 0 Å². The quantitative estimate of drug-likeness (QED) is 0.0962. The third kappa shape index (κ3) is 12.1. The summed E-state index contributed by atoms with van der Waals surface area (Å²) < 4.78 is 0. The van der Waals surface area contributed by atoms with Crippen LogP contribution >= 0.6 is 0 Å². The van der Waals surface area contributed by atoms with Gasteiger partial charge in [-0.15, -0.1) is 0 Å². The third-order valence-electron chi connectivity index (χ3n) is 17.9. The van der Waals surface area contributed by atoms with E-state index in [1.807, 2.05) is 27.7 Å². The Morgan fingerprint density at radius 1 is 0.548 bits per heavy atom. The summed E-state index contributed by atoms with van der Waals surface area (Å²) in [5, 5.41) is 81.5. The van der Waals surface area contributed by atoms with Crippen LogP contribution in [-0.4, -0.2) is 87.7 Å². The Balaban J connectivity index is 0.000000234. The highest BCUT2D eigenvalue weighted by Crippen LogP contribution is 2.61. The molecule has 0 saturated heterocycles. The molecule has 0 aromatic rings. The van der Waals surface area contributed by atoms with Crippen LogP contribution in [0.3, 0.4) is 0 Å². The predicted molar refractivity (Wildman–Crippen MR) is 251 cm³/mol. The number of aliphatic hydroxyl groups is 8. The van der Waals surface area contributed by atoms with Crippen LogP contribution in [0.15, 0.2) is 46.6 Å². The van der Waals surface area contributed by atoms with E-state index in [0.29, 0.717) is 60.2 Å². The van der Waals surface area contributed by atoms with E-state index in [2.05, 4.69) is 52.0 Å². The van der Waals surface area contributed by atoms with Crippen LogP contribution in [0.1, 0.15) is 198 Å². The number of fused-ring (bicyclic) bond motifs is 2. The highest BCUT2D eigenvalue weighted by Gasteiger charge is 2.52. The monoisotopic (exact) mass is 869 g/mol. The van der Waals surface area contributed by atoms with Crippen LogP contribution in [0, 0.1) is 46.3 Å². The van der Waals surface area contributed by atoms with Crippen molar-refractivity contribution in [1.29, 1.82) is 0 Å². The van der Waals surface area contributed by atoms with Crippen LogP contribution < -0.4 is 0 Å². The first-order valence-electron chi connectivity index (χ1n) is 25.1. The molecule has 6 aliphatic rings. The van der Waals surface area contributed by atoms with Crippen molar-refractivity contribution in [3.63, 3.8) is 0 Å². The van der Waals surface area contributed by atoms with E-state index < -0.39 is 46.8 Å². The lowest BCUT2D eigenvalue weighted by molar-refractivity contribution is -0.144. The molecule has 8 heteroatoms. The molecule has 0 spiro atoms. The Morgan fingerprint density at radius 2 is 0.871 bits per heavy atom. The Morgan fingerprint density at radius 3 is 1.18 bits per heavy atom. The van der Waals surface area contributed by atoms with E-state index in [1.54, 1.807) is 0 Å². The first-order chi connectivity index (χ1) is 28.7. The standard InChI is InChI=1S/2C27H46O4/c2*1-18(8-6-14-25(2,3)30)21-12-13-22-20(9-7-15-26(21,22)4)11-10-19-16-23(28)27(5,31)24(29)17-19/h2*10-11,18,21-24,28-31H,6-9,12-17H2,1-5H3/b2*19-10?,20-11+/t2*18-,21?,22?,23-,24-,26?,27?/m11/s1. The van der Waals surface area contributed by atoms with Gasteiger partial charge in [-0.3, -0.25) is 0 Å². The van der Waals surface area contributed by atoms with Crippen molar-refractivity contribution in [2.45, 2.75) is 244 Å². The van der Waals surface area contributed by atoms with Gasteiger partial charge in [-0.1, -0.05) is 100.0 Å². The van der Waals surface area contributed by atoms with Crippen LogP contribution in [0.2, 0.25) is 0 Å². The fraction of sp³-hybridized carbons (Fsp3) is 0.852. The van der Waals surface area contributed by atoms with Crippen molar-refractivity contribution in [1.82, 2.24) is 0 Å². The molecule has 8 nitrogen and oxygen atoms in total. The first-order valence-corrected chi connectivity index (χ1v) is 25.1. The summed E-state index contributed by atoms with van der Waals surface area (Å²) in [6.45, 7) is 20.5. The Bertz CT molecular complexity index is 1460. The maximum atomic E-state index is 10.2. The van der Waals surface area contributed by atoms with Gasteiger partial charge in [-0.25, -0.2) is 0 Å². The van der Waals surface area contributed by atoms with Crippen molar-refractivity contribution in [3.8, 4) is 0 Å². The average Bonchev–Trinajstić information content (AvgIpc) is 3.71. The normalized spacial score (nSPS) is 41.3. The Labute approximate surface area is 377 Å². The van der Waals surface area contributed by atoms with Crippen molar-refractivity contribution < 1.29 is 40.9 Å². The number of rotatable bonds is 12. The van der Waals surface area contributed by atoms with Gasteiger partial charge in [-0.05, 0) is 191 Å². The fourth-order valence-corrected chi connectivity index (χ4v) is 13.7. The fourth-order valence-electron chi connectivity index (χ4n) is 13.7. The SMILES string of the molecule is C[C@H](CCCC(C)(C)O)C1CCC2/C(=C/C=C3C[C@@H](O)C(C)(O)[C@H](O)C3)CCCC21C.C[C@H](CCCC(C)(C)O)C1CCC2/C(=C/C=C3C[C@@H](O)C(C)(O)[C@H](O)C3)CCCC21C. The molecular formula is C54H92O8. The average molecular weight is 869 g/mol. The molecule has 62 heavy (non-hydrogen) atoms. The highest BCUT2D eigenvalue weighted by atomic mass is 16.4. The van der Waals surface area contributed by atoms with Gasteiger partial charge >= 0.3 is 0 Å². The molecule has 0 aromatic heterocycles. The third-order valence-corrected chi connectivity index (χ3v) is 17.9. The van der Waals surface area contributed by atoms with Crippen molar-refractivity contribution in [2.24, 2.45) is 46.3 Å². The zero-order valence-corrected chi connectivity index (χ0v) is 40.8. The van der Waals surface area contributed by atoms with E-state index in [-0.39, 0.29) is 0 Å². The lowest BCUT2D eigenvalue weighted by atomic mass is 9.60. The molecule has 6 unspecified atom stereocenters. The summed E-state index contributed by atoms with van der Waals surface area (Å²) >= 11 is 0. The summed E-state index contributed by atoms with van der Waals surface area (Å²) in [6, 6.07) is 0. The summed E-state index contributed by atoms with van der Waals surface area (Å²) in [7, 11) is 0. The van der Waals surface area contributed by atoms with E-state index in [9.17, 15) is 40.9 Å². The molecule has 6 rings (SSSR count). The summed E-state index contributed by atoms with van der Waals surface area (Å²) in [5.74, 6) is 4.10. The van der Waals surface area contributed by atoms with Gasteiger partial charge < -0.3 is 40.9 Å². The zero-order valence-electron chi connectivity index (χ0n) is 40.8. The topological polar surface area (TPSA) is 162 Å². The Hall–Kier alpha value is -1.36. The number of hydrogen-bond donors (Lipinski definition) is 8. The van der Waals surface area contributed by atoms with Gasteiger partial charge in [0.05, 0.1) is 35.6 Å². The second-order valence-electron chi connectivity index (χ2n) is 24.0. The maximum Gasteiger partial charge on any atom is 0.114 e. The van der Waals surface area contributed by atoms with Gasteiger partial charge in [0.2, 0.25) is 0 Å². The molecule has 0 radical (unpaired) electrons. The van der Waals surface area contributed by atoms with Crippen molar-refractivity contribution in [3.05, 3.63) is 46.6 Å². The van der Waals surface area contributed by atoms with Gasteiger partial charge in [0.1, 0.15) is 11.2 Å². The molecule has 6 aliphatic carbocycles. The maximum absolute atomic E-state index is 10.2. The lowest BCUT2D eigenvalue weighted by Crippen LogP contribution is -2.52. The van der Waals surface area contributed by atoms with E-state index >= 15 is 0 Å². The largest absolute Gasteiger partial charge is 0.390 e. The molecule has 0 amide bonds. The van der Waals surface area contributed by atoms with Gasteiger partial charge in [0.25, 0.3) is 0 Å². The summed E-state index contributed by atoms with van der Waals surface area (Å²) in [4.78, 5) is 0. The van der Waals surface area contributed by atoms with Crippen molar-refractivity contribution >= 4 is 0 Å². The van der Waals surface area contributed by atoms with Crippen LogP contribution in [0.25, 0.3) is 0 Å². The minimum atomic E-state index is -1.42. The van der Waals surface area contributed by atoms with Crippen LogP contribution in [0.5, 0.6) is 0 Å². The highest BCUT2D eigenvalue weighted by molar-refractivity contribution is 5.29. The molecule has 12 atom stereocenters. The second kappa shape index (κ2) is 20.2. The molecule has 8 N–H and O–H groups in total. The molecule has 0 bridgehead atoms. The van der Waals surface area contributed by atoms with E-state index in [0.717, 1.165) is 61.5 Å². The number of allylic oxidation sites excluding steroid dienone is 6. The summed E-state index contributed by atoms with van der Waals surface area (Å²) in [5.41, 5.74) is 1.86. The van der Waals surface area contributed by atoms with Crippen molar-refractivity contribution in [2.75, 3.05) is 0 Å². The van der Waals surface area contributed by atoms with Crippen LogP contribution in [-0.2, 0) is 0 Å². The molecular weight excluding hydrogens is 777 g/mol. The minimum Gasteiger partial charge on any atom is -0.390 e. The van der Waals surface area contributed by atoms with E-state index in [1.165, 1.54) is 89.2 Å². The molecule has 6 saturated carbocycles. The number of hydrogen-bond acceptors (Lipinski definition) is 8. The molecule has 6 fully saturated rings.